The zero-order chi connectivity index (χ0) is 28.8. The summed E-state index contributed by atoms with van der Waals surface area (Å²) in [6, 6.07) is 42.2. The summed E-state index contributed by atoms with van der Waals surface area (Å²) in [5.41, 5.74) is 6.52. The van der Waals surface area contributed by atoms with Crippen LogP contribution in [-0.2, 0) is 5.41 Å². The van der Waals surface area contributed by atoms with Crippen LogP contribution in [0.2, 0.25) is 0 Å². The molecule has 1 atom stereocenters. The Morgan fingerprint density at radius 1 is 0.659 bits per heavy atom. The fourth-order valence-corrected chi connectivity index (χ4v) is 4.92. The largest absolute Gasteiger partial charge is 0.490 e. The van der Waals surface area contributed by atoms with Crippen molar-refractivity contribution in [1.29, 1.82) is 0 Å². The minimum atomic E-state index is -0.376. The fourth-order valence-electron chi connectivity index (χ4n) is 4.92. The first-order chi connectivity index (χ1) is 19.9. The molecule has 0 saturated heterocycles. The second-order valence-electron chi connectivity index (χ2n) is 10.9. The second-order valence-corrected chi connectivity index (χ2v) is 10.9. The molecule has 0 spiro atoms. The van der Waals surface area contributed by atoms with Crippen molar-refractivity contribution >= 4 is 5.97 Å². The van der Waals surface area contributed by atoms with Crippen molar-refractivity contribution in [1.82, 2.24) is 0 Å². The molecule has 0 amide bonds. The highest BCUT2D eigenvalue weighted by Gasteiger charge is 2.27. The lowest BCUT2D eigenvalue weighted by Gasteiger charge is -2.29. The summed E-state index contributed by atoms with van der Waals surface area (Å²) in [4.78, 5) is 13.0. The predicted molar refractivity (Wildman–Crippen MR) is 168 cm³/mol. The molecule has 0 aliphatic carbocycles. The van der Waals surface area contributed by atoms with E-state index in [2.05, 4.69) is 82.3 Å². The molecule has 41 heavy (non-hydrogen) atoms. The Hall–Kier alpha value is -4.63. The first-order valence-corrected chi connectivity index (χ1v) is 14.2. The maximum absolute atomic E-state index is 13.0. The number of hydrogen-bond acceptors (Lipinski definition) is 3. The number of rotatable bonds is 9. The Balaban J connectivity index is 1.57. The van der Waals surface area contributed by atoms with Gasteiger partial charge in [0.25, 0.3) is 0 Å². The van der Waals surface area contributed by atoms with Gasteiger partial charge in [0, 0.05) is 16.5 Å². The van der Waals surface area contributed by atoms with Crippen molar-refractivity contribution in [2.45, 2.75) is 45.6 Å². The van der Waals surface area contributed by atoms with Crippen LogP contribution in [0.1, 0.15) is 55.6 Å². The van der Waals surface area contributed by atoms with Crippen molar-refractivity contribution in [2.75, 3.05) is 0 Å². The molecule has 0 radical (unpaired) electrons. The molecule has 3 nitrogen and oxygen atoms in total. The highest BCUT2D eigenvalue weighted by molar-refractivity contribution is 5.92. The van der Waals surface area contributed by atoms with E-state index in [4.69, 9.17) is 9.47 Å². The topological polar surface area (TPSA) is 35.5 Å². The smallest absolute Gasteiger partial charge is 0.343 e. The summed E-state index contributed by atoms with van der Waals surface area (Å²) in [5, 5.41) is 0. The van der Waals surface area contributed by atoms with E-state index in [0.717, 1.165) is 40.0 Å². The molecule has 1 unspecified atom stereocenters. The van der Waals surface area contributed by atoms with E-state index in [0.29, 0.717) is 11.3 Å². The lowest BCUT2D eigenvalue weighted by molar-refractivity contribution is 0.0735. The molecule has 0 aromatic heterocycles. The first kappa shape index (κ1) is 27.9. The number of esters is 1. The van der Waals surface area contributed by atoms with E-state index in [9.17, 15) is 4.79 Å². The van der Waals surface area contributed by atoms with Gasteiger partial charge < -0.3 is 9.47 Å². The molecule has 0 heterocycles. The van der Waals surface area contributed by atoms with E-state index >= 15 is 0 Å². The van der Waals surface area contributed by atoms with Gasteiger partial charge >= 0.3 is 5.97 Å². The molecule has 0 saturated carbocycles. The molecular weight excluding hydrogens is 504 g/mol. The standard InChI is InChI=1S/C38H36O3/c1-5-27(2)40-35-23-21-31(25-33(35)28-15-9-6-10-16-28)38(3,4)32-22-24-36(34(26-32)29-17-11-7-12-18-29)41-37(39)30-19-13-8-14-20-30/h6-27H,5H2,1-4H3. The average molecular weight is 541 g/mol. The van der Waals surface area contributed by atoms with Crippen LogP contribution < -0.4 is 9.47 Å². The van der Waals surface area contributed by atoms with Crippen LogP contribution in [0, 0.1) is 0 Å². The SMILES string of the molecule is CCC(C)Oc1ccc(C(C)(C)c2ccc(OC(=O)c3ccccc3)c(-c3ccccc3)c2)cc1-c1ccccc1. The number of carbonyl (C=O) groups excluding carboxylic acids is 1. The molecule has 0 fully saturated rings. The van der Waals surface area contributed by atoms with Gasteiger partial charge in [-0.2, -0.15) is 0 Å². The van der Waals surface area contributed by atoms with E-state index in [-0.39, 0.29) is 17.5 Å². The van der Waals surface area contributed by atoms with Gasteiger partial charge in [0.2, 0.25) is 0 Å². The van der Waals surface area contributed by atoms with Crippen molar-refractivity contribution in [3.05, 3.63) is 144 Å². The summed E-state index contributed by atoms with van der Waals surface area (Å²) < 4.78 is 12.3. The molecular formula is C38H36O3. The van der Waals surface area contributed by atoms with Gasteiger partial charge in [0.15, 0.2) is 0 Å². The molecule has 0 aliphatic rings. The van der Waals surface area contributed by atoms with Crippen molar-refractivity contribution < 1.29 is 14.3 Å². The Morgan fingerprint density at radius 3 is 1.63 bits per heavy atom. The predicted octanol–water partition coefficient (Wildman–Crippen LogP) is 9.74. The third-order valence-corrected chi connectivity index (χ3v) is 7.69. The van der Waals surface area contributed by atoms with E-state index < -0.39 is 0 Å². The Morgan fingerprint density at radius 2 is 1.12 bits per heavy atom. The van der Waals surface area contributed by atoms with Gasteiger partial charge in [0.1, 0.15) is 11.5 Å². The van der Waals surface area contributed by atoms with Crippen molar-refractivity contribution in [2.24, 2.45) is 0 Å². The monoisotopic (exact) mass is 540 g/mol. The van der Waals surface area contributed by atoms with Gasteiger partial charge in [-0.3, -0.25) is 0 Å². The molecule has 206 valence electrons. The lowest BCUT2D eigenvalue weighted by atomic mass is 9.76. The van der Waals surface area contributed by atoms with Crippen LogP contribution in [0.15, 0.2) is 127 Å². The highest BCUT2D eigenvalue weighted by atomic mass is 16.5. The van der Waals surface area contributed by atoms with E-state index in [1.165, 1.54) is 5.56 Å². The Kier molecular flexibility index (Phi) is 8.35. The number of ether oxygens (including phenoxy) is 2. The van der Waals surface area contributed by atoms with Crippen molar-refractivity contribution in [3.63, 3.8) is 0 Å². The van der Waals surface area contributed by atoms with Crippen LogP contribution in [0.5, 0.6) is 11.5 Å². The minimum absolute atomic E-state index is 0.121. The third kappa shape index (κ3) is 6.25. The molecule has 0 bridgehead atoms. The Labute approximate surface area is 243 Å². The van der Waals surface area contributed by atoms with Gasteiger partial charge in [-0.1, -0.05) is 112 Å². The molecule has 5 aromatic carbocycles. The fraction of sp³-hybridized carbons (Fsp3) is 0.184. The molecule has 3 heteroatoms. The minimum Gasteiger partial charge on any atom is -0.490 e. The van der Waals surface area contributed by atoms with Gasteiger partial charge in [-0.15, -0.1) is 0 Å². The van der Waals surface area contributed by atoms with Crippen LogP contribution in [0.3, 0.4) is 0 Å². The number of hydrogen-bond donors (Lipinski definition) is 0. The van der Waals surface area contributed by atoms with E-state index in [1.54, 1.807) is 12.1 Å². The maximum Gasteiger partial charge on any atom is 0.343 e. The number of benzene rings is 5. The summed E-state index contributed by atoms with van der Waals surface area (Å²) in [7, 11) is 0. The number of carbonyl (C=O) groups is 1. The quantitative estimate of drug-likeness (QED) is 0.138. The highest BCUT2D eigenvalue weighted by Crippen LogP contribution is 2.41. The zero-order valence-corrected chi connectivity index (χ0v) is 24.1. The summed E-state index contributed by atoms with van der Waals surface area (Å²) in [6.45, 7) is 8.69. The van der Waals surface area contributed by atoms with Crippen molar-refractivity contribution in [3.8, 4) is 33.8 Å². The molecule has 0 aliphatic heterocycles. The van der Waals surface area contributed by atoms with E-state index in [1.807, 2.05) is 60.7 Å². The normalized spacial score (nSPS) is 12.0. The summed E-state index contributed by atoms with van der Waals surface area (Å²) in [6.07, 6.45) is 1.06. The molecule has 5 rings (SSSR count). The maximum atomic E-state index is 13.0. The zero-order valence-electron chi connectivity index (χ0n) is 24.1. The summed E-state index contributed by atoms with van der Waals surface area (Å²) in [5.74, 6) is 1.05. The second kappa shape index (κ2) is 12.3. The van der Waals surface area contributed by atoms with Crippen LogP contribution in [0.25, 0.3) is 22.3 Å². The van der Waals surface area contributed by atoms with Gasteiger partial charge in [0.05, 0.1) is 11.7 Å². The van der Waals surface area contributed by atoms with Crippen LogP contribution in [0.4, 0.5) is 0 Å². The van der Waals surface area contributed by atoms with Crippen LogP contribution >= 0.6 is 0 Å². The first-order valence-electron chi connectivity index (χ1n) is 14.2. The average Bonchev–Trinajstić information content (AvgIpc) is 3.02. The molecule has 0 N–H and O–H groups in total. The lowest BCUT2D eigenvalue weighted by Crippen LogP contribution is -2.20. The van der Waals surface area contributed by atoms with Crippen LogP contribution in [-0.4, -0.2) is 12.1 Å². The Bertz CT molecular complexity index is 1610. The summed E-state index contributed by atoms with van der Waals surface area (Å²) >= 11 is 0. The third-order valence-electron chi connectivity index (χ3n) is 7.69. The van der Waals surface area contributed by atoms with Gasteiger partial charge in [-0.05, 0) is 72.0 Å². The molecule has 5 aromatic rings. The van der Waals surface area contributed by atoms with Gasteiger partial charge in [-0.25, -0.2) is 4.79 Å².